The van der Waals surface area contributed by atoms with E-state index in [0.717, 1.165) is 5.56 Å². The maximum absolute atomic E-state index is 12.1. The number of aryl methyl sites for hydroxylation is 1. The Bertz CT molecular complexity index is 731. The fourth-order valence-corrected chi connectivity index (χ4v) is 2.51. The molecular weight excluding hydrogens is 258 g/mol. The summed E-state index contributed by atoms with van der Waals surface area (Å²) >= 11 is 0. The monoisotopic (exact) mass is 271 g/mol. The number of H-pyrrole nitrogens is 1. The maximum Gasteiger partial charge on any atom is 0.312 e. The number of carbonyl (C=O) groups excluding carboxylic acids is 1. The molecule has 0 spiro atoms. The zero-order valence-corrected chi connectivity index (χ0v) is 10.8. The molecule has 102 valence electrons. The number of nitrogens with one attached hydrogen (secondary N) is 1. The fraction of sp³-hybridized carbons (Fsp3) is 0.200. The first-order valence-corrected chi connectivity index (χ1v) is 6.28. The largest absolute Gasteiger partial charge is 0.508 e. The van der Waals surface area contributed by atoms with E-state index in [0.29, 0.717) is 17.0 Å². The molecule has 0 radical (unpaired) electrons. The zero-order valence-electron chi connectivity index (χ0n) is 10.8. The summed E-state index contributed by atoms with van der Waals surface area (Å²) in [5.74, 6) is -0.248. The average Bonchev–Trinajstić information content (AvgIpc) is 2.37. The standard InChI is InChI=1S/C15H13NO4/c1-8-6-12-14(15(19)16-8)11(7-13(18)20-12)9-2-4-10(17)5-3-9/h2-6,11,17H,7H2,1H3,(H,16,19). The third-order valence-corrected chi connectivity index (χ3v) is 3.41. The van der Waals surface area contributed by atoms with Gasteiger partial charge < -0.3 is 14.8 Å². The molecule has 1 aromatic carbocycles. The predicted octanol–water partition coefficient (Wildman–Crippen LogP) is 1.83. The number of benzene rings is 1. The van der Waals surface area contributed by atoms with Gasteiger partial charge in [-0.15, -0.1) is 0 Å². The quantitative estimate of drug-likeness (QED) is 0.775. The fourth-order valence-electron chi connectivity index (χ4n) is 2.51. The molecular formula is C15H13NO4. The van der Waals surface area contributed by atoms with E-state index in [2.05, 4.69) is 4.98 Å². The number of ether oxygens (including phenoxy) is 1. The Morgan fingerprint density at radius 1 is 1.25 bits per heavy atom. The van der Waals surface area contributed by atoms with E-state index in [1.165, 1.54) is 12.1 Å². The van der Waals surface area contributed by atoms with E-state index < -0.39 is 0 Å². The topological polar surface area (TPSA) is 79.4 Å². The molecule has 0 saturated heterocycles. The van der Waals surface area contributed by atoms with Crippen LogP contribution in [0.4, 0.5) is 0 Å². The normalized spacial score (nSPS) is 17.4. The van der Waals surface area contributed by atoms with Gasteiger partial charge in [-0.05, 0) is 24.6 Å². The molecule has 2 aromatic rings. The number of carbonyl (C=O) groups is 1. The van der Waals surface area contributed by atoms with Crippen molar-refractivity contribution in [2.45, 2.75) is 19.3 Å². The molecule has 0 amide bonds. The van der Waals surface area contributed by atoms with E-state index in [4.69, 9.17) is 4.74 Å². The summed E-state index contributed by atoms with van der Waals surface area (Å²) in [6.45, 7) is 1.74. The van der Waals surface area contributed by atoms with Gasteiger partial charge in [0.15, 0.2) is 0 Å². The molecule has 5 heteroatoms. The Morgan fingerprint density at radius 2 is 1.95 bits per heavy atom. The van der Waals surface area contributed by atoms with Crippen LogP contribution >= 0.6 is 0 Å². The highest BCUT2D eigenvalue weighted by atomic mass is 16.5. The van der Waals surface area contributed by atoms with Crippen LogP contribution in [-0.2, 0) is 4.79 Å². The van der Waals surface area contributed by atoms with Gasteiger partial charge in [-0.3, -0.25) is 9.59 Å². The number of hydrogen-bond acceptors (Lipinski definition) is 4. The lowest BCUT2D eigenvalue weighted by molar-refractivity contribution is -0.135. The molecule has 1 aliphatic rings. The Morgan fingerprint density at radius 3 is 2.65 bits per heavy atom. The SMILES string of the molecule is Cc1cc2c(c(=O)[nH]1)C(c1ccc(O)cc1)CC(=O)O2. The van der Waals surface area contributed by atoms with Crippen LogP contribution in [0, 0.1) is 6.92 Å². The predicted molar refractivity (Wildman–Crippen MR) is 72.0 cm³/mol. The van der Waals surface area contributed by atoms with Crippen LogP contribution < -0.4 is 10.3 Å². The second kappa shape index (κ2) is 4.52. The molecule has 0 aliphatic carbocycles. The van der Waals surface area contributed by atoms with Crippen molar-refractivity contribution >= 4 is 5.97 Å². The highest BCUT2D eigenvalue weighted by Crippen LogP contribution is 2.36. The van der Waals surface area contributed by atoms with E-state index >= 15 is 0 Å². The Kier molecular flexibility index (Phi) is 2.82. The first-order valence-electron chi connectivity index (χ1n) is 6.28. The Hall–Kier alpha value is -2.56. The lowest BCUT2D eigenvalue weighted by Gasteiger charge is -2.24. The number of aromatic nitrogens is 1. The van der Waals surface area contributed by atoms with Crippen molar-refractivity contribution in [3.05, 3.63) is 57.5 Å². The number of fused-ring (bicyclic) bond motifs is 1. The summed E-state index contributed by atoms with van der Waals surface area (Å²) in [5.41, 5.74) is 1.66. The van der Waals surface area contributed by atoms with Crippen molar-refractivity contribution in [1.29, 1.82) is 0 Å². The summed E-state index contributed by atoms with van der Waals surface area (Å²) in [6, 6.07) is 8.15. The van der Waals surface area contributed by atoms with Gasteiger partial charge in [0, 0.05) is 17.7 Å². The second-order valence-electron chi connectivity index (χ2n) is 4.88. The number of hydrogen-bond donors (Lipinski definition) is 2. The van der Waals surface area contributed by atoms with Gasteiger partial charge in [0.2, 0.25) is 0 Å². The molecule has 20 heavy (non-hydrogen) atoms. The van der Waals surface area contributed by atoms with Crippen LogP contribution in [0.5, 0.6) is 11.5 Å². The molecule has 0 fully saturated rings. The molecule has 0 saturated carbocycles. The number of aromatic hydroxyl groups is 1. The number of phenols is 1. The smallest absolute Gasteiger partial charge is 0.312 e. The van der Waals surface area contributed by atoms with Crippen LogP contribution in [0.15, 0.2) is 35.1 Å². The van der Waals surface area contributed by atoms with Crippen LogP contribution in [0.1, 0.15) is 29.2 Å². The van der Waals surface area contributed by atoms with Crippen molar-refractivity contribution in [2.24, 2.45) is 0 Å². The Labute approximate surface area is 114 Å². The molecule has 2 N–H and O–H groups in total. The number of pyridine rings is 1. The molecule has 1 aliphatic heterocycles. The molecule has 1 unspecified atom stereocenters. The molecule has 2 heterocycles. The van der Waals surface area contributed by atoms with Crippen LogP contribution in [0.25, 0.3) is 0 Å². The second-order valence-corrected chi connectivity index (χ2v) is 4.88. The van der Waals surface area contributed by atoms with Crippen molar-refractivity contribution in [1.82, 2.24) is 4.98 Å². The van der Waals surface area contributed by atoms with Gasteiger partial charge in [0.25, 0.3) is 5.56 Å². The first-order chi connectivity index (χ1) is 9.54. The van der Waals surface area contributed by atoms with Crippen molar-refractivity contribution < 1.29 is 14.6 Å². The number of phenolic OH excluding ortho intramolecular Hbond substituents is 1. The minimum absolute atomic E-state index is 0.115. The number of rotatable bonds is 1. The van der Waals surface area contributed by atoms with E-state index in [9.17, 15) is 14.7 Å². The lowest BCUT2D eigenvalue weighted by Crippen LogP contribution is -2.28. The Balaban J connectivity index is 2.17. The molecule has 1 aromatic heterocycles. The number of aromatic amines is 1. The summed E-state index contributed by atoms with van der Waals surface area (Å²) in [6.07, 6.45) is 0.115. The van der Waals surface area contributed by atoms with Gasteiger partial charge in [0.05, 0.1) is 12.0 Å². The van der Waals surface area contributed by atoms with Gasteiger partial charge in [-0.1, -0.05) is 12.1 Å². The molecule has 5 nitrogen and oxygen atoms in total. The maximum atomic E-state index is 12.1. The summed E-state index contributed by atoms with van der Waals surface area (Å²) in [4.78, 5) is 26.6. The van der Waals surface area contributed by atoms with Gasteiger partial charge in [0.1, 0.15) is 11.5 Å². The van der Waals surface area contributed by atoms with E-state index in [1.54, 1.807) is 25.1 Å². The van der Waals surface area contributed by atoms with Crippen molar-refractivity contribution in [2.75, 3.05) is 0 Å². The van der Waals surface area contributed by atoms with Gasteiger partial charge in [-0.2, -0.15) is 0 Å². The summed E-state index contributed by atoms with van der Waals surface area (Å²) < 4.78 is 5.16. The summed E-state index contributed by atoms with van der Waals surface area (Å²) in [5, 5.41) is 9.33. The lowest BCUT2D eigenvalue weighted by atomic mass is 9.87. The van der Waals surface area contributed by atoms with E-state index in [-0.39, 0.29) is 29.6 Å². The zero-order chi connectivity index (χ0) is 14.3. The van der Waals surface area contributed by atoms with Gasteiger partial charge in [-0.25, -0.2) is 0 Å². The average molecular weight is 271 g/mol. The molecule has 0 bridgehead atoms. The van der Waals surface area contributed by atoms with Crippen molar-refractivity contribution in [3.8, 4) is 11.5 Å². The third kappa shape index (κ3) is 2.07. The van der Waals surface area contributed by atoms with Crippen LogP contribution in [0.2, 0.25) is 0 Å². The summed E-state index contributed by atoms with van der Waals surface area (Å²) in [7, 11) is 0. The molecule has 3 rings (SSSR count). The highest BCUT2D eigenvalue weighted by molar-refractivity contribution is 5.77. The minimum atomic E-state index is -0.361. The minimum Gasteiger partial charge on any atom is -0.508 e. The van der Waals surface area contributed by atoms with Crippen LogP contribution in [0.3, 0.4) is 0 Å². The van der Waals surface area contributed by atoms with Gasteiger partial charge >= 0.3 is 5.97 Å². The number of esters is 1. The third-order valence-electron chi connectivity index (χ3n) is 3.41. The van der Waals surface area contributed by atoms with E-state index in [1.807, 2.05) is 0 Å². The molecule has 1 atom stereocenters. The van der Waals surface area contributed by atoms with Crippen LogP contribution in [-0.4, -0.2) is 16.1 Å². The van der Waals surface area contributed by atoms with Crippen molar-refractivity contribution in [3.63, 3.8) is 0 Å². The highest BCUT2D eigenvalue weighted by Gasteiger charge is 2.31. The first kappa shape index (κ1) is 12.5.